The molecule has 1 aliphatic rings. The van der Waals surface area contributed by atoms with E-state index in [2.05, 4.69) is 0 Å². The maximum absolute atomic E-state index is 15.1. The van der Waals surface area contributed by atoms with Gasteiger partial charge in [0.05, 0.1) is 44.7 Å². The lowest BCUT2D eigenvalue weighted by Crippen LogP contribution is -2.30. The fourth-order valence-electron chi connectivity index (χ4n) is 9.12. The molecule has 0 aliphatic carbocycles. The minimum absolute atomic E-state index is 0.0954. The molecule has 0 fully saturated rings. The number of carbonyl (C=O) groups excluding carboxylic acids is 2. The Hall–Kier alpha value is -7.72. The van der Waals surface area contributed by atoms with Crippen molar-refractivity contribution in [2.45, 2.75) is 26.2 Å². The molecule has 0 radical (unpaired) electrons. The van der Waals surface area contributed by atoms with Gasteiger partial charge in [0.15, 0.2) is 0 Å². The Morgan fingerprint density at radius 3 is 1.42 bits per heavy atom. The average molecular weight is 857 g/mol. The molecule has 0 saturated carbocycles. The number of alkyl halides is 6. The summed E-state index contributed by atoms with van der Waals surface area (Å²) in [6.45, 7) is 3.14. The molecule has 8 aromatic carbocycles. The number of halogens is 6. The highest BCUT2D eigenvalue weighted by Crippen LogP contribution is 2.47. The Morgan fingerprint density at radius 2 is 0.891 bits per heavy atom. The van der Waals surface area contributed by atoms with Crippen molar-refractivity contribution >= 4 is 39.3 Å². The standard InChI is InChI=1S/C54H34F6N2O2/c1-31-24-36(28-38(26-31)53(55,56)57)40-16-9-19-45-48(40)49-41(37-25-32(2)27-39(29-37)54(58,59)60)17-10-20-46(49)61(45)47-21-11-18-42-50(47)52(64)62(51(42)63)44-23-22-35(33-12-5-3-6-13-33)30-43(44)34-14-7-4-8-15-34/h3-30H,1-2H3. The highest BCUT2D eigenvalue weighted by molar-refractivity contribution is 6.36. The number of imide groups is 1. The third-order valence-electron chi connectivity index (χ3n) is 11.8. The van der Waals surface area contributed by atoms with Crippen LogP contribution >= 0.6 is 0 Å². The van der Waals surface area contributed by atoms with Crippen molar-refractivity contribution in [3.63, 3.8) is 0 Å². The Kier molecular flexibility index (Phi) is 9.44. The van der Waals surface area contributed by atoms with Gasteiger partial charge in [-0.15, -0.1) is 0 Å². The molecule has 9 aromatic rings. The van der Waals surface area contributed by atoms with Gasteiger partial charge < -0.3 is 4.57 Å². The number of fused-ring (bicyclic) bond motifs is 4. The van der Waals surface area contributed by atoms with Crippen LogP contribution in [-0.4, -0.2) is 16.4 Å². The molecule has 2 amide bonds. The predicted molar refractivity (Wildman–Crippen MR) is 240 cm³/mol. The van der Waals surface area contributed by atoms with Gasteiger partial charge >= 0.3 is 12.4 Å². The number of rotatable bonds is 6. The van der Waals surface area contributed by atoms with Crippen LogP contribution in [0.25, 0.3) is 72.0 Å². The number of amides is 2. The monoisotopic (exact) mass is 856 g/mol. The number of nitrogens with zero attached hydrogens (tertiary/aromatic N) is 2. The number of anilines is 1. The zero-order valence-electron chi connectivity index (χ0n) is 34.1. The van der Waals surface area contributed by atoms with E-state index in [0.29, 0.717) is 61.0 Å². The number of carbonyl (C=O) groups is 2. The van der Waals surface area contributed by atoms with Crippen LogP contribution in [0.3, 0.4) is 0 Å². The molecule has 1 aliphatic heterocycles. The van der Waals surface area contributed by atoms with Crippen molar-refractivity contribution in [1.82, 2.24) is 4.57 Å². The number of benzene rings is 8. The van der Waals surface area contributed by atoms with Gasteiger partial charge in [0.2, 0.25) is 0 Å². The SMILES string of the molecule is Cc1cc(-c2cccc3c2c2c(-c4cc(C)cc(C(F)(F)F)c4)cccc2n3-c2cccc3c2C(=O)N(c2ccc(-c4ccccc4)cc2-c2ccccc2)C3=O)cc(C(F)(F)F)c1. The van der Waals surface area contributed by atoms with E-state index in [1.807, 2.05) is 72.8 Å². The molecule has 2 heterocycles. The van der Waals surface area contributed by atoms with Crippen molar-refractivity contribution in [3.05, 3.63) is 203 Å². The lowest BCUT2D eigenvalue weighted by atomic mass is 9.92. The number of aromatic nitrogens is 1. The number of hydrogen-bond acceptors (Lipinski definition) is 2. The Morgan fingerprint density at radius 1 is 0.391 bits per heavy atom. The summed E-state index contributed by atoms with van der Waals surface area (Å²) in [5.74, 6) is -1.14. The summed E-state index contributed by atoms with van der Waals surface area (Å²) in [4.78, 5) is 31.0. The summed E-state index contributed by atoms with van der Waals surface area (Å²) in [7, 11) is 0. The minimum Gasteiger partial charge on any atom is -0.308 e. The molecule has 1 aromatic heterocycles. The molecule has 0 unspecified atom stereocenters. The molecule has 64 heavy (non-hydrogen) atoms. The highest BCUT2D eigenvalue weighted by atomic mass is 19.4. The van der Waals surface area contributed by atoms with Crippen molar-refractivity contribution < 1.29 is 35.9 Å². The molecule has 0 bridgehead atoms. The largest absolute Gasteiger partial charge is 0.416 e. The van der Waals surface area contributed by atoms with Crippen LogP contribution in [0.4, 0.5) is 32.0 Å². The van der Waals surface area contributed by atoms with Gasteiger partial charge in [0, 0.05) is 16.3 Å². The Bertz CT molecular complexity index is 3250. The van der Waals surface area contributed by atoms with Crippen LogP contribution in [-0.2, 0) is 12.4 Å². The first-order valence-electron chi connectivity index (χ1n) is 20.4. The molecular weight excluding hydrogens is 823 g/mol. The second-order valence-electron chi connectivity index (χ2n) is 16.0. The van der Waals surface area contributed by atoms with Crippen molar-refractivity contribution in [2.75, 3.05) is 4.90 Å². The van der Waals surface area contributed by atoms with Gasteiger partial charge in [0.25, 0.3) is 11.8 Å². The topological polar surface area (TPSA) is 42.3 Å². The van der Waals surface area contributed by atoms with E-state index in [-0.39, 0.29) is 22.3 Å². The van der Waals surface area contributed by atoms with E-state index >= 15 is 4.79 Å². The molecular formula is C54H34F6N2O2. The van der Waals surface area contributed by atoms with Crippen LogP contribution in [0.1, 0.15) is 43.0 Å². The van der Waals surface area contributed by atoms with Crippen LogP contribution < -0.4 is 4.90 Å². The maximum Gasteiger partial charge on any atom is 0.416 e. The number of aryl methyl sites for hydroxylation is 2. The Balaban J connectivity index is 1.24. The summed E-state index contributed by atoms with van der Waals surface area (Å²) in [5.41, 5.74) is 5.39. The maximum atomic E-state index is 15.1. The average Bonchev–Trinajstić information content (AvgIpc) is 3.76. The van der Waals surface area contributed by atoms with Crippen LogP contribution in [0.2, 0.25) is 0 Å². The van der Waals surface area contributed by atoms with Crippen LogP contribution in [0.15, 0.2) is 170 Å². The molecule has 4 nitrogen and oxygen atoms in total. The quantitative estimate of drug-likeness (QED) is 0.123. The smallest absolute Gasteiger partial charge is 0.308 e. The second kappa shape index (κ2) is 15.0. The first kappa shape index (κ1) is 40.4. The van der Waals surface area contributed by atoms with Gasteiger partial charge in [-0.25, -0.2) is 4.90 Å². The van der Waals surface area contributed by atoms with Gasteiger partial charge in [-0.05, 0) is 125 Å². The van der Waals surface area contributed by atoms with Crippen molar-refractivity contribution in [3.8, 4) is 50.2 Å². The summed E-state index contributed by atoms with van der Waals surface area (Å²) in [6, 6.07) is 47.5. The van der Waals surface area contributed by atoms with Crippen molar-refractivity contribution in [2.24, 2.45) is 0 Å². The number of hydrogen-bond donors (Lipinski definition) is 0. The third kappa shape index (κ3) is 6.73. The summed E-state index contributed by atoms with van der Waals surface area (Å²) < 4.78 is 87.7. The molecule has 0 saturated heterocycles. The van der Waals surface area contributed by atoms with Crippen molar-refractivity contribution in [1.29, 1.82) is 0 Å². The molecule has 0 atom stereocenters. The fourth-order valence-corrected chi connectivity index (χ4v) is 9.12. The van der Waals surface area contributed by atoms with E-state index in [9.17, 15) is 31.1 Å². The van der Waals surface area contributed by atoms with Crippen LogP contribution in [0.5, 0.6) is 0 Å². The fraction of sp³-hybridized carbons (Fsp3) is 0.0741. The van der Waals surface area contributed by atoms with E-state index in [0.717, 1.165) is 41.0 Å². The van der Waals surface area contributed by atoms with E-state index in [1.54, 1.807) is 91.2 Å². The predicted octanol–water partition coefficient (Wildman–Crippen LogP) is 14.9. The molecule has 10 heteroatoms. The second-order valence-corrected chi connectivity index (χ2v) is 16.0. The van der Waals surface area contributed by atoms with Gasteiger partial charge in [0.1, 0.15) is 0 Å². The Labute approximate surface area is 363 Å². The molecule has 314 valence electrons. The molecule has 0 spiro atoms. The lowest BCUT2D eigenvalue weighted by Gasteiger charge is -2.20. The highest BCUT2D eigenvalue weighted by Gasteiger charge is 2.41. The molecule has 10 rings (SSSR count). The summed E-state index contributed by atoms with van der Waals surface area (Å²) >= 11 is 0. The summed E-state index contributed by atoms with van der Waals surface area (Å²) in [6.07, 6.45) is -9.32. The summed E-state index contributed by atoms with van der Waals surface area (Å²) in [5, 5.41) is 0.909. The first-order chi connectivity index (χ1) is 30.7. The molecule has 0 N–H and O–H groups in total. The first-order valence-corrected chi connectivity index (χ1v) is 20.4. The van der Waals surface area contributed by atoms with Crippen LogP contribution in [0, 0.1) is 13.8 Å². The minimum atomic E-state index is -4.66. The third-order valence-corrected chi connectivity index (χ3v) is 11.8. The zero-order valence-corrected chi connectivity index (χ0v) is 34.1. The normalized spacial score (nSPS) is 13.0. The van der Waals surface area contributed by atoms with E-state index in [1.165, 1.54) is 4.90 Å². The van der Waals surface area contributed by atoms with Gasteiger partial charge in [-0.3, -0.25) is 9.59 Å². The zero-order chi connectivity index (χ0) is 44.7. The lowest BCUT2D eigenvalue weighted by molar-refractivity contribution is -0.138. The van der Waals surface area contributed by atoms with Gasteiger partial charge in [-0.1, -0.05) is 109 Å². The van der Waals surface area contributed by atoms with E-state index < -0.39 is 35.3 Å². The van der Waals surface area contributed by atoms with Gasteiger partial charge in [-0.2, -0.15) is 26.3 Å². The van der Waals surface area contributed by atoms with E-state index in [4.69, 9.17) is 0 Å².